The van der Waals surface area contributed by atoms with Gasteiger partial charge in [0.2, 0.25) is 0 Å². The summed E-state index contributed by atoms with van der Waals surface area (Å²) in [7, 11) is 0. The summed E-state index contributed by atoms with van der Waals surface area (Å²) in [6, 6.07) is 5.68. The van der Waals surface area contributed by atoms with Gasteiger partial charge >= 0.3 is 0 Å². The first-order valence-corrected chi connectivity index (χ1v) is 10.7. The number of amidine groups is 1. The molecule has 0 bridgehead atoms. The van der Waals surface area contributed by atoms with E-state index in [1.807, 2.05) is 18.2 Å². The van der Waals surface area contributed by atoms with Crippen molar-refractivity contribution in [2.45, 2.75) is 24.9 Å². The Hall–Kier alpha value is -2.76. The summed E-state index contributed by atoms with van der Waals surface area (Å²) in [4.78, 5) is 31.6. The normalized spacial score (nSPS) is 18.4. The first-order valence-electron chi connectivity index (χ1n) is 9.74. The lowest BCUT2D eigenvalue weighted by atomic mass is 10.3. The van der Waals surface area contributed by atoms with Gasteiger partial charge in [-0.05, 0) is 12.1 Å². The number of carbonyl (C=O) groups excluding carboxylic acids is 1. The van der Waals surface area contributed by atoms with Gasteiger partial charge < -0.3 is 10.1 Å². The van der Waals surface area contributed by atoms with Gasteiger partial charge in [-0.2, -0.15) is 4.98 Å². The Labute approximate surface area is 178 Å². The molecule has 4 rings (SSSR count). The van der Waals surface area contributed by atoms with Gasteiger partial charge in [0, 0.05) is 38.3 Å². The molecule has 11 heteroatoms. The third kappa shape index (κ3) is 5.43. The van der Waals surface area contributed by atoms with E-state index in [1.54, 1.807) is 24.9 Å². The van der Waals surface area contributed by atoms with E-state index in [2.05, 4.69) is 40.4 Å². The van der Waals surface area contributed by atoms with E-state index in [0.29, 0.717) is 31.3 Å². The van der Waals surface area contributed by atoms with Crippen LogP contribution >= 0.6 is 11.8 Å². The van der Waals surface area contributed by atoms with E-state index in [-0.39, 0.29) is 18.3 Å². The third-order valence-corrected chi connectivity index (χ3v) is 5.46. The summed E-state index contributed by atoms with van der Waals surface area (Å²) in [5.74, 6) is 1.70. The lowest BCUT2D eigenvalue weighted by Crippen LogP contribution is -2.35. The summed E-state index contributed by atoms with van der Waals surface area (Å²) >= 11 is 1.61. The molecule has 0 aromatic carbocycles. The molecule has 4 heterocycles. The van der Waals surface area contributed by atoms with Crippen LogP contribution in [0.15, 0.2) is 44.6 Å². The van der Waals surface area contributed by atoms with E-state index in [4.69, 9.17) is 4.74 Å². The van der Waals surface area contributed by atoms with Crippen LogP contribution in [0.2, 0.25) is 0 Å². The molecule has 2 aliphatic rings. The summed E-state index contributed by atoms with van der Waals surface area (Å²) < 4.78 is 5.41. The maximum absolute atomic E-state index is 11.5. The zero-order valence-electron chi connectivity index (χ0n) is 16.6. The summed E-state index contributed by atoms with van der Waals surface area (Å²) in [6.07, 6.45) is 2.05. The van der Waals surface area contributed by atoms with Gasteiger partial charge in [-0.1, -0.05) is 18.7 Å². The number of azo groups is 1. The highest BCUT2D eigenvalue weighted by molar-refractivity contribution is 8.00. The first kappa shape index (κ1) is 20.5. The average molecular weight is 427 g/mol. The monoisotopic (exact) mass is 426 g/mol. The quantitative estimate of drug-likeness (QED) is 0.725. The fourth-order valence-corrected chi connectivity index (χ4v) is 3.76. The number of anilines is 1. The Morgan fingerprint density at radius 1 is 1.33 bits per heavy atom. The molecule has 1 saturated heterocycles. The third-order valence-electron chi connectivity index (χ3n) is 4.44. The highest BCUT2D eigenvalue weighted by Crippen LogP contribution is 2.29. The van der Waals surface area contributed by atoms with E-state index in [1.165, 1.54) is 0 Å². The van der Waals surface area contributed by atoms with Gasteiger partial charge in [0.15, 0.2) is 5.82 Å². The minimum Gasteiger partial charge on any atom is -0.379 e. The van der Waals surface area contributed by atoms with Crippen molar-refractivity contribution in [2.75, 3.05) is 37.4 Å². The Morgan fingerprint density at radius 2 is 2.20 bits per heavy atom. The smallest absolute Gasteiger partial charge is 0.271 e. The van der Waals surface area contributed by atoms with Crippen molar-refractivity contribution in [2.24, 2.45) is 15.2 Å². The molecule has 1 amide bonds. The molecule has 0 spiro atoms. The Bertz CT molecular complexity index is 975. The van der Waals surface area contributed by atoms with Gasteiger partial charge in [-0.3, -0.25) is 9.69 Å². The molecule has 30 heavy (non-hydrogen) atoms. The molecular formula is C19H22N8O2S. The number of thioether (sulfide) groups is 1. The van der Waals surface area contributed by atoms with Crippen molar-refractivity contribution in [3.63, 3.8) is 0 Å². The Kier molecular flexibility index (Phi) is 6.72. The SMILES string of the molecule is CCC(=O)N=Nc1nc(CN2CCOCC2)cc(N=C2CSc3ncccc3N2)n1. The van der Waals surface area contributed by atoms with Crippen LogP contribution in [-0.4, -0.2) is 63.7 Å². The zero-order chi connectivity index (χ0) is 20.8. The minimum absolute atomic E-state index is 0.132. The number of aliphatic imine (C=N–C) groups is 1. The molecule has 10 nitrogen and oxygen atoms in total. The van der Waals surface area contributed by atoms with Crippen LogP contribution in [0.3, 0.4) is 0 Å². The number of carbonyl (C=O) groups is 1. The van der Waals surface area contributed by atoms with Crippen LogP contribution in [0.25, 0.3) is 0 Å². The number of hydrogen-bond donors (Lipinski definition) is 1. The lowest BCUT2D eigenvalue weighted by molar-refractivity contribution is -0.118. The molecule has 1 N–H and O–H groups in total. The van der Waals surface area contributed by atoms with Gasteiger partial charge in [-0.25, -0.2) is 15.0 Å². The number of rotatable bonds is 5. The van der Waals surface area contributed by atoms with E-state index >= 15 is 0 Å². The van der Waals surface area contributed by atoms with Gasteiger partial charge in [-0.15, -0.1) is 10.2 Å². The van der Waals surface area contributed by atoms with E-state index < -0.39 is 0 Å². The molecule has 0 radical (unpaired) electrons. The highest BCUT2D eigenvalue weighted by Gasteiger charge is 2.16. The van der Waals surface area contributed by atoms with Crippen molar-refractivity contribution >= 4 is 41.0 Å². The van der Waals surface area contributed by atoms with Crippen LogP contribution in [0.4, 0.5) is 17.5 Å². The fraction of sp³-hybridized carbons (Fsp3) is 0.421. The van der Waals surface area contributed by atoms with Crippen molar-refractivity contribution in [1.29, 1.82) is 0 Å². The van der Waals surface area contributed by atoms with E-state index in [9.17, 15) is 4.79 Å². The second-order valence-corrected chi connectivity index (χ2v) is 7.65. The topological polar surface area (TPSA) is 117 Å². The van der Waals surface area contributed by atoms with Gasteiger partial charge in [0.1, 0.15) is 10.9 Å². The number of amides is 1. The average Bonchev–Trinajstić information content (AvgIpc) is 2.78. The van der Waals surface area contributed by atoms with Gasteiger partial charge in [0.05, 0.1) is 30.3 Å². The second-order valence-electron chi connectivity index (χ2n) is 6.68. The predicted molar refractivity (Wildman–Crippen MR) is 114 cm³/mol. The molecule has 0 atom stereocenters. The minimum atomic E-state index is -0.320. The summed E-state index contributed by atoms with van der Waals surface area (Å²) in [5.41, 5.74) is 1.69. The molecule has 0 unspecified atom stereocenters. The molecule has 0 saturated carbocycles. The maximum atomic E-state index is 11.5. The van der Waals surface area contributed by atoms with E-state index in [0.717, 1.165) is 35.3 Å². The summed E-state index contributed by atoms with van der Waals surface area (Å²) in [6.45, 7) is 5.43. The number of nitrogens with one attached hydrogen (secondary N) is 1. The molecular weight excluding hydrogens is 404 g/mol. The molecule has 156 valence electrons. The van der Waals surface area contributed by atoms with Crippen LogP contribution in [-0.2, 0) is 16.1 Å². The van der Waals surface area contributed by atoms with Crippen LogP contribution in [0.1, 0.15) is 19.0 Å². The van der Waals surface area contributed by atoms with Gasteiger partial charge in [0.25, 0.3) is 11.9 Å². The van der Waals surface area contributed by atoms with Crippen LogP contribution in [0, 0.1) is 0 Å². The van der Waals surface area contributed by atoms with Crippen molar-refractivity contribution in [3.8, 4) is 0 Å². The zero-order valence-corrected chi connectivity index (χ0v) is 17.4. The number of pyridine rings is 1. The maximum Gasteiger partial charge on any atom is 0.271 e. The number of hydrogen-bond acceptors (Lipinski definition) is 9. The molecule has 2 aromatic rings. The standard InChI is InChI=1S/C19H22N8O2S/c1-2-17(28)25-26-19-21-13(11-27-6-8-29-9-7-27)10-15(24-19)23-16-12-30-18-14(22-16)4-3-5-20-18/h3-5,10H,2,6-9,11-12H2,1H3,(H,21,22,23,24). The Morgan fingerprint density at radius 3 is 3.03 bits per heavy atom. The molecule has 1 fully saturated rings. The summed E-state index contributed by atoms with van der Waals surface area (Å²) in [5, 5.41) is 11.8. The van der Waals surface area contributed by atoms with Crippen LogP contribution in [0.5, 0.6) is 0 Å². The molecule has 2 aromatic heterocycles. The number of aromatic nitrogens is 3. The van der Waals surface area contributed by atoms with Crippen molar-refractivity contribution in [1.82, 2.24) is 19.9 Å². The lowest BCUT2D eigenvalue weighted by Gasteiger charge is -2.26. The fourth-order valence-electron chi connectivity index (χ4n) is 2.94. The molecule has 2 aliphatic heterocycles. The number of nitrogens with zero attached hydrogens (tertiary/aromatic N) is 7. The Balaban J connectivity index is 1.59. The largest absolute Gasteiger partial charge is 0.379 e. The molecule has 0 aliphatic carbocycles. The van der Waals surface area contributed by atoms with Crippen molar-refractivity contribution in [3.05, 3.63) is 30.1 Å². The number of fused-ring (bicyclic) bond motifs is 1. The van der Waals surface area contributed by atoms with Crippen molar-refractivity contribution < 1.29 is 9.53 Å². The second kappa shape index (κ2) is 9.83. The van der Waals surface area contributed by atoms with Crippen LogP contribution < -0.4 is 5.32 Å². The highest BCUT2D eigenvalue weighted by atomic mass is 32.2. The predicted octanol–water partition coefficient (Wildman–Crippen LogP) is 2.97. The number of morpholine rings is 1. The first-order chi connectivity index (χ1) is 14.7. The number of ether oxygens (including phenoxy) is 1.